The van der Waals surface area contributed by atoms with Gasteiger partial charge in [-0.1, -0.05) is 13.8 Å². The molecule has 0 aromatic rings. The molecule has 3 heteroatoms. The molecule has 0 amide bonds. The van der Waals surface area contributed by atoms with Gasteiger partial charge in [-0.05, 0) is 27.9 Å². The van der Waals surface area contributed by atoms with Gasteiger partial charge < -0.3 is 10.2 Å². The van der Waals surface area contributed by atoms with Crippen LogP contribution in [0.4, 0.5) is 0 Å². The Bertz CT molecular complexity index is 183. The van der Waals surface area contributed by atoms with E-state index in [9.17, 15) is 0 Å². The number of likely N-dealkylation sites (tertiary alicyclic amines) is 1. The number of nitrogens with zero attached hydrogens (tertiary/aromatic N) is 2. The lowest BCUT2D eigenvalue weighted by Gasteiger charge is -2.24. The minimum Gasteiger partial charge on any atom is -0.310 e. The van der Waals surface area contributed by atoms with Gasteiger partial charge in [0.25, 0.3) is 0 Å². The molecule has 0 spiro atoms. The van der Waals surface area contributed by atoms with Gasteiger partial charge in [0.2, 0.25) is 0 Å². The second-order valence-electron chi connectivity index (χ2n) is 6.00. The summed E-state index contributed by atoms with van der Waals surface area (Å²) in [6.07, 6.45) is 0. The smallest absolute Gasteiger partial charge is 0.0250 e. The summed E-state index contributed by atoms with van der Waals surface area (Å²) in [5, 5.41) is 3.71. The molecule has 1 N–H and O–H groups in total. The molecule has 1 aliphatic rings. The fourth-order valence-electron chi connectivity index (χ4n) is 2.60. The van der Waals surface area contributed by atoms with E-state index in [2.05, 4.69) is 56.9 Å². The van der Waals surface area contributed by atoms with E-state index in [-0.39, 0.29) is 0 Å². The quantitative estimate of drug-likeness (QED) is 0.763. The first-order valence-corrected chi connectivity index (χ1v) is 6.55. The van der Waals surface area contributed by atoms with Crippen LogP contribution >= 0.6 is 0 Å². The third kappa shape index (κ3) is 4.04. The lowest BCUT2D eigenvalue weighted by atomic mass is 10.0. The van der Waals surface area contributed by atoms with Crippen LogP contribution in [0.15, 0.2) is 0 Å². The Labute approximate surface area is 101 Å². The van der Waals surface area contributed by atoms with Crippen LogP contribution in [0, 0.1) is 5.92 Å². The van der Waals surface area contributed by atoms with Crippen molar-refractivity contribution < 1.29 is 0 Å². The van der Waals surface area contributed by atoms with Crippen LogP contribution in [0.5, 0.6) is 0 Å². The first-order valence-electron chi connectivity index (χ1n) is 6.55. The van der Waals surface area contributed by atoms with Crippen molar-refractivity contribution in [1.82, 2.24) is 15.1 Å². The van der Waals surface area contributed by atoms with Crippen LogP contribution in [0.2, 0.25) is 0 Å². The number of nitrogens with one attached hydrogen (secondary N) is 1. The average Bonchev–Trinajstić information content (AvgIpc) is 2.46. The molecule has 0 bridgehead atoms. The Balaban J connectivity index is 2.56. The van der Waals surface area contributed by atoms with E-state index in [1.54, 1.807) is 0 Å². The predicted octanol–water partition coefficient (Wildman–Crippen LogP) is 1.25. The van der Waals surface area contributed by atoms with Gasteiger partial charge >= 0.3 is 0 Å². The molecule has 0 radical (unpaired) electrons. The zero-order chi connectivity index (χ0) is 12.3. The third-order valence-corrected chi connectivity index (χ3v) is 3.35. The average molecular weight is 227 g/mol. The molecule has 1 rings (SSSR count). The van der Waals surface area contributed by atoms with E-state index < -0.39 is 0 Å². The fraction of sp³-hybridized carbons (Fsp3) is 1.00. The van der Waals surface area contributed by atoms with Crippen LogP contribution in [0.25, 0.3) is 0 Å². The number of hydrogen-bond acceptors (Lipinski definition) is 3. The summed E-state index contributed by atoms with van der Waals surface area (Å²) in [6.45, 7) is 12.7. The minimum absolute atomic E-state index is 0.585. The van der Waals surface area contributed by atoms with E-state index in [1.807, 2.05) is 0 Å². The molecule has 1 fully saturated rings. The molecular weight excluding hydrogens is 198 g/mol. The van der Waals surface area contributed by atoms with Crippen molar-refractivity contribution in [2.24, 2.45) is 5.92 Å². The monoisotopic (exact) mass is 227 g/mol. The van der Waals surface area contributed by atoms with Crippen molar-refractivity contribution in [3.05, 3.63) is 0 Å². The normalized spacial score (nSPS) is 27.6. The molecule has 96 valence electrons. The Hall–Kier alpha value is -0.120. The SMILES string of the molecule is CC(C)N[C@@H]1CN(C(C)C)C[C@H]1CN(C)C. The predicted molar refractivity (Wildman–Crippen MR) is 70.8 cm³/mol. The van der Waals surface area contributed by atoms with Gasteiger partial charge in [-0.25, -0.2) is 0 Å². The van der Waals surface area contributed by atoms with Gasteiger partial charge in [0.1, 0.15) is 0 Å². The highest BCUT2D eigenvalue weighted by Crippen LogP contribution is 2.20. The molecule has 3 nitrogen and oxygen atoms in total. The van der Waals surface area contributed by atoms with Crippen LogP contribution in [0.1, 0.15) is 27.7 Å². The Kier molecular flexibility index (Phi) is 5.22. The van der Waals surface area contributed by atoms with Gasteiger partial charge in [-0.3, -0.25) is 4.90 Å². The first kappa shape index (κ1) is 13.9. The van der Waals surface area contributed by atoms with Gasteiger partial charge in [0, 0.05) is 43.7 Å². The third-order valence-electron chi connectivity index (χ3n) is 3.35. The molecule has 1 aliphatic heterocycles. The largest absolute Gasteiger partial charge is 0.310 e. The zero-order valence-electron chi connectivity index (χ0n) is 11.8. The van der Waals surface area contributed by atoms with Gasteiger partial charge in [0.15, 0.2) is 0 Å². The number of rotatable bonds is 5. The summed E-state index contributed by atoms with van der Waals surface area (Å²) >= 11 is 0. The summed E-state index contributed by atoms with van der Waals surface area (Å²) in [4.78, 5) is 4.90. The van der Waals surface area contributed by atoms with Gasteiger partial charge in [-0.15, -0.1) is 0 Å². The molecule has 16 heavy (non-hydrogen) atoms. The van der Waals surface area contributed by atoms with Gasteiger partial charge in [0.05, 0.1) is 0 Å². The van der Waals surface area contributed by atoms with E-state index in [0.29, 0.717) is 18.1 Å². The molecule has 1 saturated heterocycles. The maximum Gasteiger partial charge on any atom is 0.0250 e. The summed E-state index contributed by atoms with van der Waals surface area (Å²) in [7, 11) is 4.34. The molecular formula is C13H29N3. The highest BCUT2D eigenvalue weighted by molar-refractivity contribution is 4.92. The highest BCUT2D eigenvalue weighted by atomic mass is 15.2. The van der Waals surface area contributed by atoms with Crippen molar-refractivity contribution in [3.8, 4) is 0 Å². The molecule has 0 aromatic heterocycles. The van der Waals surface area contributed by atoms with E-state index in [4.69, 9.17) is 0 Å². The van der Waals surface area contributed by atoms with Crippen molar-refractivity contribution in [2.75, 3.05) is 33.7 Å². The summed E-state index contributed by atoms with van der Waals surface area (Å²) < 4.78 is 0. The topological polar surface area (TPSA) is 18.5 Å². The first-order chi connectivity index (χ1) is 7.40. The lowest BCUT2D eigenvalue weighted by molar-refractivity contribution is 0.250. The maximum absolute atomic E-state index is 3.71. The summed E-state index contributed by atoms with van der Waals surface area (Å²) in [5.41, 5.74) is 0. The fourth-order valence-corrected chi connectivity index (χ4v) is 2.60. The second-order valence-corrected chi connectivity index (χ2v) is 6.00. The van der Waals surface area contributed by atoms with E-state index >= 15 is 0 Å². The van der Waals surface area contributed by atoms with Crippen LogP contribution in [-0.2, 0) is 0 Å². The molecule has 0 unspecified atom stereocenters. The van der Waals surface area contributed by atoms with Crippen LogP contribution < -0.4 is 5.32 Å². The molecule has 2 atom stereocenters. The Morgan fingerprint density at radius 1 is 1.19 bits per heavy atom. The highest BCUT2D eigenvalue weighted by Gasteiger charge is 2.33. The van der Waals surface area contributed by atoms with Crippen LogP contribution in [-0.4, -0.2) is 61.7 Å². The van der Waals surface area contributed by atoms with E-state index in [1.165, 1.54) is 19.6 Å². The maximum atomic E-state index is 3.71. The molecule has 0 aromatic carbocycles. The zero-order valence-corrected chi connectivity index (χ0v) is 11.8. The minimum atomic E-state index is 0.585. The van der Waals surface area contributed by atoms with Crippen molar-refractivity contribution >= 4 is 0 Å². The van der Waals surface area contributed by atoms with Crippen LogP contribution in [0.3, 0.4) is 0 Å². The molecule has 1 heterocycles. The standard InChI is InChI=1S/C13H29N3/c1-10(2)14-13-9-16(11(3)4)8-12(13)7-15(5)6/h10-14H,7-9H2,1-6H3/t12-,13-/m1/s1. The van der Waals surface area contributed by atoms with Gasteiger partial charge in [-0.2, -0.15) is 0 Å². The van der Waals surface area contributed by atoms with E-state index in [0.717, 1.165) is 5.92 Å². The molecule has 0 saturated carbocycles. The summed E-state index contributed by atoms with van der Waals surface area (Å²) in [5.74, 6) is 0.764. The Morgan fingerprint density at radius 3 is 2.25 bits per heavy atom. The molecule has 0 aliphatic carbocycles. The second kappa shape index (κ2) is 5.99. The van der Waals surface area contributed by atoms with Crippen molar-refractivity contribution in [1.29, 1.82) is 0 Å². The van der Waals surface area contributed by atoms with Crippen molar-refractivity contribution in [3.63, 3.8) is 0 Å². The van der Waals surface area contributed by atoms with Crippen molar-refractivity contribution in [2.45, 2.75) is 45.8 Å². The number of hydrogen-bond donors (Lipinski definition) is 1. The lowest BCUT2D eigenvalue weighted by Crippen LogP contribution is -2.43. The Morgan fingerprint density at radius 2 is 1.81 bits per heavy atom. The summed E-state index contributed by atoms with van der Waals surface area (Å²) in [6, 6.07) is 1.91.